The quantitative estimate of drug-likeness (QED) is 0.179. The Labute approximate surface area is 238 Å². The summed E-state index contributed by atoms with van der Waals surface area (Å²) in [5.74, 6) is -108. The molecule has 0 bridgehead atoms. The molecule has 0 unspecified atom stereocenters. The zero-order valence-corrected chi connectivity index (χ0v) is 20.2. The summed E-state index contributed by atoms with van der Waals surface area (Å²) in [5.41, 5.74) is 0. The van der Waals surface area contributed by atoms with E-state index in [-0.39, 0.29) is 0 Å². The number of rotatable bonds is 14. The van der Waals surface area contributed by atoms with E-state index in [9.17, 15) is 132 Å². The van der Waals surface area contributed by atoms with Crippen molar-refractivity contribution in [2.24, 2.45) is 0 Å². The Morgan fingerprint density at radius 2 is 0.604 bits per heavy atom. The van der Waals surface area contributed by atoms with Gasteiger partial charge in [-0.2, -0.15) is 119 Å². The van der Waals surface area contributed by atoms with Gasteiger partial charge in [0.05, 0.1) is 0 Å². The molecule has 0 saturated heterocycles. The van der Waals surface area contributed by atoms with Crippen LogP contribution in [0.25, 0.3) is 0 Å². The van der Waals surface area contributed by atoms with Crippen molar-refractivity contribution in [1.82, 2.24) is 0 Å². The van der Waals surface area contributed by atoms with E-state index >= 15 is 0 Å². The van der Waals surface area contributed by atoms with E-state index in [2.05, 4.69) is 0 Å². The van der Waals surface area contributed by atoms with Crippen molar-refractivity contribution in [1.29, 1.82) is 0 Å². The Morgan fingerprint density at radius 1 is 0.375 bits per heavy atom. The van der Waals surface area contributed by atoms with Crippen LogP contribution in [0.15, 0.2) is 11.7 Å². The molecule has 0 radical (unpaired) electrons. The zero-order chi connectivity index (χ0) is 39.9. The molecule has 286 valence electrons. The van der Waals surface area contributed by atoms with Crippen molar-refractivity contribution < 1.29 is 142 Å². The number of halogens is 29. The Kier molecular flexibility index (Phi) is 10.7. The minimum Gasteiger partial charge on any atom is -0.475 e. The summed E-state index contributed by atoms with van der Waals surface area (Å²) in [6.45, 7) is 0. The van der Waals surface area contributed by atoms with Crippen LogP contribution in [0.5, 0.6) is 0 Å². The highest BCUT2D eigenvalue weighted by Crippen LogP contribution is 2.65. The third kappa shape index (κ3) is 5.78. The highest BCUT2D eigenvalue weighted by atomic mass is 19.4. The van der Waals surface area contributed by atoms with Gasteiger partial charge >= 0.3 is 83.6 Å². The minimum atomic E-state index is -9.43. The van der Waals surface area contributed by atoms with Crippen LogP contribution >= 0.6 is 0 Å². The normalized spacial score (nSPS) is 17.0. The summed E-state index contributed by atoms with van der Waals surface area (Å²) in [5, 5.41) is 7.69. The number of carboxylic acid groups (broad SMARTS) is 1. The highest BCUT2D eigenvalue weighted by molar-refractivity contribution is 5.73. The predicted octanol–water partition coefficient (Wildman–Crippen LogP) is 9.34. The van der Waals surface area contributed by atoms with Gasteiger partial charge in [-0.15, -0.1) is 0 Å². The van der Waals surface area contributed by atoms with Gasteiger partial charge in [0.1, 0.15) is 0 Å². The summed E-state index contributed by atoms with van der Waals surface area (Å²) >= 11 is 0. The molecule has 0 atom stereocenters. The maximum atomic E-state index is 13.7. The second-order valence-corrected chi connectivity index (χ2v) is 8.31. The van der Waals surface area contributed by atoms with Crippen molar-refractivity contribution in [3.63, 3.8) is 0 Å². The molecule has 0 amide bonds. The van der Waals surface area contributed by atoms with Crippen LogP contribution in [0.2, 0.25) is 0 Å². The van der Waals surface area contributed by atoms with Crippen molar-refractivity contribution in [2.45, 2.75) is 77.6 Å². The van der Waals surface area contributed by atoms with Crippen LogP contribution in [0, 0.1) is 0 Å². The zero-order valence-electron chi connectivity index (χ0n) is 20.2. The lowest BCUT2D eigenvalue weighted by molar-refractivity contribution is -0.481. The SMILES string of the molecule is O=C(O)C(F)(F)OC(F)(F)C(F)(F)C(F)(F)C(F)(F)C(F)(F)C(F)(F)/C(F)=C(\F)C(F)(F)C(F)(F)C(F)(F)C(F)(F)C(F)(F)C(F)(F)F. The highest BCUT2D eigenvalue weighted by Gasteiger charge is 2.94. The first-order valence-corrected chi connectivity index (χ1v) is 9.82. The van der Waals surface area contributed by atoms with Crippen molar-refractivity contribution in [3.8, 4) is 0 Å². The van der Waals surface area contributed by atoms with Crippen molar-refractivity contribution >= 4 is 5.97 Å². The summed E-state index contributed by atoms with van der Waals surface area (Å²) < 4.78 is 384. The summed E-state index contributed by atoms with van der Waals surface area (Å²) in [6.07, 6.45) is -23.4. The van der Waals surface area contributed by atoms with Gasteiger partial charge < -0.3 is 5.11 Å². The number of carbonyl (C=O) groups is 1. The lowest BCUT2D eigenvalue weighted by Gasteiger charge is -2.41. The molecule has 0 spiro atoms. The van der Waals surface area contributed by atoms with E-state index in [0.717, 1.165) is 0 Å². The monoisotopic (exact) mass is 792 g/mol. The molecule has 0 heterocycles. The fourth-order valence-corrected chi connectivity index (χ4v) is 2.36. The second kappa shape index (κ2) is 11.3. The second-order valence-electron chi connectivity index (χ2n) is 8.31. The van der Waals surface area contributed by atoms with E-state index in [1.165, 1.54) is 4.74 Å². The Balaban J connectivity index is 7.44. The number of ether oxygens (including phenoxy) is 1. The number of allylic oxidation sites excluding steroid dienone is 2. The first kappa shape index (κ1) is 45.1. The number of carboxylic acids is 1. The Morgan fingerprint density at radius 3 is 0.833 bits per heavy atom. The van der Waals surface area contributed by atoms with Crippen molar-refractivity contribution in [2.75, 3.05) is 0 Å². The molecular weight excluding hydrogens is 791 g/mol. The first-order valence-electron chi connectivity index (χ1n) is 9.82. The van der Waals surface area contributed by atoms with Gasteiger partial charge in [0.2, 0.25) is 11.7 Å². The van der Waals surface area contributed by atoms with E-state index in [1.807, 2.05) is 0 Å². The molecule has 0 saturated carbocycles. The number of hydrogen-bond donors (Lipinski definition) is 1. The molecule has 1 N–H and O–H groups in total. The molecule has 32 heteroatoms. The molecule has 48 heavy (non-hydrogen) atoms. The van der Waals surface area contributed by atoms with Gasteiger partial charge in [-0.3, -0.25) is 0 Å². The molecule has 3 nitrogen and oxygen atoms in total. The lowest BCUT2D eigenvalue weighted by Crippen LogP contribution is -2.72. The number of aliphatic carboxylic acids is 1. The summed E-state index contributed by atoms with van der Waals surface area (Å²) in [4.78, 5) is 9.88. The van der Waals surface area contributed by atoms with Gasteiger partial charge in [0.15, 0.2) is 0 Å². The largest absolute Gasteiger partial charge is 0.475 e. The maximum Gasteiger partial charge on any atom is 0.460 e. The number of hydrogen-bond acceptors (Lipinski definition) is 2. The summed E-state index contributed by atoms with van der Waals surface area (Å²) in [7, 11) is 0. The Hall–Kier alpha value is -2.86. The van der Waals surface area contributed by atoms with Crippen LogP contribution in [-0.4, -0.2) is 88.7 Å². The van der Waals surface area contributed by atoms with Gasteiger partial charge in [-0.1, -0.05) is 0 Å². The molecule has 0 aliphatic heterocycles. The predicted molar refractivity (Wildman–Crippen MR) is 83.4 cm³/mol. The number of alkyl halides is 27. The average Bonchev–Trinajstić information content (AvgIpc) is 2.85. The molecule has 0 rings (SSSR count). The van der Waals surface area contributed by atoms with Crippen LogP contribution in [0.4, 0.5) is 127 Å². The van der Waals surface area contributed by atoms with Crippen LogP contribution < -0.4 is 0 Å². The average molecular weight is 792 g/mol. The molecular formula is C16HF29O3. The van der Waals surface area contributed by atoms with E-state index in [4.69, 9.17) is 5.11 Å². The fraction of sp³-hybridized carbons (Fsp3) is 0.812. The molecule has 0 aliphatic rings. The van der Waals surface area contributed by atoms with Gasteiger partial charge in [0.25, 0.3) is 0 Å². The van der Waals surface area contributed by atoms with Crippen LogP contribution in [0.3, 0.4) is 0 Å². The lowest BCUT2D eigenvalue weighted by atomic mass is 9.90. The smallest absolute Gasteiger partial charge is 0.460 e. The molecule has 0 aromatic carbocycles. The maximum absolute atomic E-state index is 13.7. The first-order chi connectivity index (χ1) is 20.2. The molecule has 0 aromatic heterocycles. The van der Waals surface area contributed by atoms with Gasteiger partial charge in [-0.25, -0.2) is 18.3 Å². The summed E-state index contributed by atoms with van der Waals surface area (Å²) in [6, 6.07) is 0. The molecule has 0 aliphatic carbocycles. The molecule has 0 fully saturated rings. The third-order valence-electron chi connectivity index (χ3n) is 5.13. The Bertz CT molecular complexity index is 1250. The fourth-order valence-electron chi connectivity index (χ4n) is 2.36. The molecule has 0 aromatic rings. The van der Waals surface area contributed by atoms with Crippen LogP contribution in [0.1, 0.15) is 0 Å². The topological polar surface area (TPSA) is 46.5 Å². The third-order valence-corrected chi connectivity index (χ3v) is 5.13. The standard InChI is InChI=1S/C16HF29O3/c17-1(4(19,20)7(25,26)9(29,30)11(33,34)13(37,38)15(41,42)43)2(18)5(21,22)8(27,28)10(31,32)12(35,36)14(39,40)16(44,45)48-6(23,24)3(46)47/h(H,46,47)/b2-1+. The minimum absolute atomic E-state index is 1.26. The van der Waals surface area contributed by atoms with E-state index in [1.54, 1.807) is 0 Å². The van der Waals surface area contributed by atoms with E-state index in [0.29, 0.717) is 0 Å². The van der Waals surface area contributed by atoms with E-state index < -0.39 is 95.2 Å². The van der Waals surface area contributed by atoms with Crippen molar-refractivity contribution in [3.05, 3.63) is 11.7 Å². The van der Waals surface area contributed by atoms with Gasteiger partial charge in [-0.05, 0) is 0 Å². The van der Waals surface area contributed by atoms with Crippen LogP contribution in [-0.2, 0) is 9.53 Å². The van der Waals surface area contributed by atoms with Gasteiger partial charge in [0, 0.05) is 0 Å².